The number of nitrogens with one attached hydrogen (secondary N) is 1. The second kappa shape index (κ2) is 7.12. The first kappa shape index (κ1) is 18.2. The van der Waals surface area contributed by atoms with Gasteiger partial charge < -0.3 is 5.32 Å². The molecule has 2 atom stereocenters. The Morgan fingerprint density at radius 1 is 1.15 bits per heavy atom. The Morgan fingerprint density at radius 2 is 1.85 bits per heavy atom. The van der Waals surface area contributed by atoms with Gasteiger partial charge in [-0.15, -0.1) is 0 Å². The van der Waals surface area contributed by atoms with Gasteiger partial charge in [-0.25, -0.2) is 0 Å². The van der Waals surface area contributed by atoms with E-state index < -0.39 is 0 Å². The van der Waals surface area contributed by atoms with Crippen molar-refractivity contribution in [2.24, 2.45) is 13.0 Å². The van der Waals surface area contributed by atoms with Crippen molar-refractivity contribution >= 4 is 5.91 Å². The molecule has 1 amide bonds. The maximum absolute atomic E-state index is 12.4. The number of carbonyl (C=O) groups excluding carboxylic acids is 1. The van der Waals surface area contributed by atoms with Gasteiger partial charge in [-0.3, -0.25) is 14.4 Å². The highest BCUT2D eigenvalue weighted by atomic mass is 16.2. The van der Waals surface area contributed by atoms with Crippen molar-refractivity contribution in [1.82, 2.24) is 20.0 Å². The van der Waals surface area contributed by atoms with Crippen LogP contribution in [0.2, 0.25) is 0 Å². The third-order valence-corrected chi connectivity index (χ3v) is 6.22. The number of likely N-dealkylation sites (tertiary alicyclic amines) is 1. The summed E-state index contributed by atoms with van der Waals surface area (Å²) >= 11 is 0. The summed E-state index contributed by atoms with van der Waals surface area (Å²) in [5.74, 6) is 0.832. The zero-order valence-corrected chi connectivity index (χ0v) is 16.8. The topological polar surface area (TPSA) is 50.2 Å². The number of aromatic nitrogens is 2. The Hall–Kier alpha value is -2.14. The highest BCUT2D eigenvalue weighted by molar-refractivity contribution is 5.81. The van der Waals surface area contributed by atoms with Gasteiger partial charge in [0.2, 0.25) is 5.91 Å². The Labute approximate surface area is 161 Å². The zero-order valence-electron chi connectivity index (χ0n) is 16.8. The van der Waals surface area contributed by atoms with E-state index in [0.29, 0.717) is 5.92 Å². The summed E-state index contributed by atoms with van der Waals surface area (Å²) in [4.78, 5) is 14.9. The van der Waals surface area contributed by atoms with E-state index in [1.165, 1.54) is 22.4 Å². The molecule has 0 bridgehead atoms. The number of hydrogen-bond acceptors (Lipinski definition) is 3. The lowest BCUT2D eigenvalue weighted by molar-refractivity contribution is -0.123. The molecule has 1 N–H and O–H groups in total. The molecule has 144 valence electrons. The number of nitrogens with zero attached hydrogens (tertiary/aromatic N) is 3. The van der Waals surface area contributed by atoms with Crippen LogP contribution in [0.15, 0.2) is 24.3 Å². The molecule has 5 nitrogen and oxygen atoms in total. The van der Waals surface area contributed by atoms with E-state index >= 15 is 0 Å². The van der Waals surface area contributed by atoms with Crippen molar-refractivity contribution in [2.45, 2.75) is 52.1 Å². The molecule has 27 heavy (non-hydrogen) atoms. The van der Waals surface area contributed by atoms with Crippen molar-refractivity contribution in [2.75, 3.05) is 13.1 Å². The highest BCUT2D eigenvalue weighted by Crippen LogP contribution is 2.33. The molecule has 1 aromatic heterocycles. The molecule has 5 heteroatoms. The van der Waals surface area contributed by atoms with Gasteiger partial charge in [0, 0.05) is 55.8 Å². The maximum atomic E-state index is 12.4. The van der Waals surface area contributed by atoms with Gasteiger partial charge in [0.15, 0.2) is 0 Å². The summed E-state index contributed by atoms with van der Waals surface area (Å²) in [7, 11) is 2.00. The smallest absolute Gasteiger partial charge is 0.223 e. The molecular weight excluding hydrogens is 336 g/mol. The monoisotopic (exact) mass is 366 g/mol. The Bertz CT molecular complexity index is 835. The van der Waals surface area contributed by atoms with Crippen LogP contribution in [0, 0.1) is 26.7 Å². The van der Waals surface area contributed by atoms with E-state index in [1.54, 1.807) is 0 Å². The van der Waals surface area contributed by atoms with E-state index in [4.69, 9.17) is 0 Å². The van der Waals surface area contributed by atoms with E-state index in [0.717, 1.165) is 38.2 Å². The van der Waals surface area contributed by atoms with E-state index in [9.17, 15) is 4.79 Å². The molecule has 1 saturated carbocycles. The van der Waals surface area contributed by atoms with Gasteiger partial charge in [-0.05, 0) is 39.2 Å². The average Bonchev–Trinajstić information content (AvgIpc) is 3.37. The van der Waals surface area contributed by atoms with Gasteiger partial charge in [-0.1, -0.05) is 29.8 Å². The van der Waals surface area contributed by atoms with Crippen molar-refractivity contribution < 1.29 is 4.79 Å². The molecular formula is C22H30N4O. The van der Waals surface area contributed by atoms with Crippen molar-refractivity contribution in [3.05, 3.63) is 52.3 Å². The predicted octanol–water partition coefficient (Wildman–Crippen LogP) is 2.84. The maximum Gasteiger partial charge on any atom is 0.223 e. The molecule has 1 aromatic carbocycles. The first-order valence-electron chi connectivity index (χ1n) is 10.0. The fourth-order valence-electron chi connectivity index (χ4n) is 4.23. The van der Waals surface area contributed by atoms with Crippen LogP contribution < -0.4 is 5.32 Å². The molecule has 1 aliphatic heterocycles. The van der Waals surface area contributed by atoms with E-state index in [2.05, 4.69) is 60.4 Å². The predicted molar refractivity (Wildman–Crippen MR) is 107 cm³/mol. The Kier molecular flexibility index (Phi) is 4.81. The minimum Gasteiger partial charge on any atom is -0.351 e. The lowest BCUT2D eigenvalue weighted by Crippen LogP contribution is -2.40. The molecule has 1 aliphatic carbocycles. The second-order valence-corrected chi connectivity index (χ2v) is 8.37. The second-order valence-electron chi connectivity index (χ2n) is 8.37. The molecule has 2 fully saturated rings. The van der Waals surface area contributed by atoms with E-state index in [1.807, 2.05) is 11.7 Å². The first-order valence-corrected chi connectivity index (χ1v) is 10.0. The van der Waals surface area contributed by atoms with Crippen LogP contribution in [0.1, 0.15) is 46.8 Å². The number of carbonyl (C=O) groups is 1. The van der Waals surface area contributed by atoms with E-state index in [-0.39, 0.29) is 17.9 Å². The Balaban J connectivity index is 1.54. The first-order chi connectivity index (χ1) is 12.9. The number of amides is 1. The molecule has 4 rings (SSSR count). The number of hydrogen-bond donors (Lipinski definition) is 1. The van der Waals surface area contributed by atoms with Crippen LogP contribution in [-0.2, 0) is 18.4 Å². The fraction of sp³-hybridized carbons (Fsp3) is 0.545. The quantitative estimate of drug-likeness (QED) is 0.885. The van der Waals surface area contributed by atoms with Gasteiger partial charge in [-0.2, -0.15) is 5.10 Å². The minimum atomic E-state index is 0.179. The average molecular weight is 367 g/mol. The third kappa shape index (κ3) is 3.79. The van der Waals surface area contributed by atoms with Crippen LogP contribution >= 0.6 is 0 Å². The van der Waals surface area contributed by atoms with Crippen LogP contribution in [0.5, 0.6) is 0 Å². The highest BCUT2D eigenvalue weighted by Gasteiger charge is 2.38. The molecule has 0 radical (unpaired) electrons. The lowest BCUT2D eigenvalue weighted by atomic mass is 9.93. The van der Waals surface area contributed by atoms with Crippen molar-refractivity contribution in [3.8, 4) is 0 Å². The SMILES string of the molecule is Cc1ccc([C@@H]2CN(Cc3c(C)nn(C)c3C)C[C@H]2NC(=O)C2CC2)cc1. The van der Waals surface area contributed by atoms with Crippen LogP contribution in [0.4, 0.5) is 0 Å². The van der Waals surface area contributed by atoms with Crippen LogP contribution in [0.3, 0.4) is 0 Å². The number of benzene rings is 1. The number of aryl methyl sites for hydroxylation is 3. The molecule has 0 unspecified atom stereocenters. The van der Waals surface area contributed by atoms with Crippen LogP contribution in [0.25, 0.3) is 0 Å². The van der Waals surface area contributed by atoms with Gasteiger partial charge in [0.25, 0.3) is 0 Å². The largest absolute Gasteiger partial charge is 0.351 e. The molecule has 2 aliphatic rings. The summed E-state index contributed by atoms with van der Waals surface area (Å²) < 4.78 is 1.96. The fourth-order valence-corrected chi connectivity index (χ4v) is 4.23. The normalized spacial score (nSPS) is 23.0. The van der Waals surface area contributed by atoms with Gasteiger partial charge in [0.05, 0.1) is 5.69 Å². The standard InChI is InChI=1S/C22H30N4O/c1-14-5-7-17(8-6-14)20-12-26(11-19-15(2)24-25(4)16(19)3)13-21(20)23-22(27)18-9-10-18/h5-8,18,20-21H,9-13H2,1-4H3,(H,23,27)/t20-,21+/m0/s1. The molecule has 2 aromatic rings. The summed E-state index contributed by atoms with van der Waals surface area (Å²) in [5.41, 5.74) is 6.24. The molecule has 2 heterocycles. The lowest BCUT2D eigenvalue weighted by Gasteiger charge is -2.20. The summed E-state index contributed by atoms with van der Waals surface area (Å²) in [6.07, 6.45) is 2.09. The molecule has 0 spiro atoms. The van der Waals surface area contributed by atoms with Crippen molar-refractivity contribution in [3.63, 3.8) is 0 Å². The number of rotatable bonds is 5. The molecule has 1 saturated heterocycles. The van der Waals surface area contributed by atoms with Crippen LogP contribution in [-0.4, -0.2) is 39.7 Å². The zero-order chi connectivity index (χ0) is 19.1. The summed E-state index contributed by atoms with van der Waals surface area (Å²) in [6.45, 7) is 9.09. The Morgan fingerprint density at radius 3 is 2.44 bits per heavy atom. The van der Waals surface area contributed by atoms with Gasteiger partial charge >= 0.3 is 0 Å². The minimum absolute atomic E-state index is 0.179. The summed E-state index contributed by atoms with van der Waals surface area (Å²) in [5, 5.41) is 7.91. The third-order valence-electron chi connectivity index (χ3n) is 6.22. The van der Waals surface area contributed by atoms with Crippen molar-refractivity contribution in [1.29, 1.82) is 0 Å². The van der Waals surface area contributed by atoms with Gasteiger partial charge in [0.1, 0.15) is 0 Å². The summed E-state index contributed by atoms with van der Waals surface area (Å²) in [6, 6.07) is 8.97.